The molecule has 1 aromatic heterocycles. The lowest BCUT2D eigenvalue weighted by Crippen LogP contribution is -2.30. The molecule has 5 heteroatoms. The van der Waals surface area contributed by atoms with Gasteiger partial charge in [-0.05, 0) is 54.3 Å². The zero-order chi connectivity index (χ0) is 17.5. The second kappa shape index (κ2) is 8.34. The van der Waals surface area contributed by atoms with Crippen molar-refractivity contribution in [1.29, 1.82) is 0 Å². The van der Waals surface area contributed by atoms with Gasteiger partial charge in [0, 0.05) is 26.0 Å². The van der Waals surface area contributed by atoms with Gasteiger partial charge in [-0.3, -0.25) is 9.78 Å². The van der Waals surface area contributed by atoms with Crippen LogP contribution in [0.5, 0.6) is 11.5 Å². The second-order valence-corrected chi connectivity index (χ2v) is 5.73. The summed E-state index contributed by atoms with van der Waals surface area (Å²) in [5.41, 5.74) is 3.14. The molecule has 0 fully saturated rings. The van der Waals surface area contributed by atoms with E-state index in [9.17, 15) is 4.79 Å². The zero-order valence-electron chi connectivity index (χ0n) is 14.7. The van der Waals surface area contributed by atoms with Crippen LogP contribution in [-0.2, 0) is 17.6 Å². The molecule has 2 aromatic rings. The molecule has 0 bridgehead atoms. The van der Waals surface area contributed by atoms with E-state index < -0.39 is 0 Å². The first kappa shape index (κ1) is 17.8. The van der Waals surface area contributed by atoms with Crippen LogP contribution in [0.1, 0.15) is 16.7 Å². The Labute approximate surface area is 143 Å². The molecule has 0 spiro atoms. The van der Waals surface area contributed by atoms with E-state index in [1.807, 2.05) is 38.2 Å². The Bertz CT molecular complexity index is 687. The summed E-state index contributed by atoms with van der Waals surface area (Å²) in [6, 6.07) is 7.72. The average Bonchev–Trinajstić information content (AvgIpc) is 2.61. The van der Waals surface area contributed by atoms with Gasteiger partial charge in [-0.25, -0.2) is 0 Å². The van der Waals surface area contributed by atoms with Crippen LogP contribution in [0.2, 0.25) is 0 Å². The van der Waals surface area contributed by atoms with Crippen molar-refractivity contribution in [1.82, 2.24) is 9.88 Å². The van der Waals surface area contributed by atoms with Crippen LogP contribution < -0.4 is 9.47 Å². The predicted octanol–water partition coefficient (Wildman–Crippen LogP) is 2.65. The quantitative estimate of drug-likeness (QED) is 0.784. The van der Waals surface area contributed by atoms with Crippen molar-refractivity contribution < 1.29 is 14.3 Å². The molecule has 0 atom stereocenters. The highest BCUT2D eigenvalue weighted by atomic mass is 16.5. The number of ether oxygens (including phenoxy) is 2. The van der Waals surface area contributed by atoms with Gasteiger partial charge in [0.2, 0.25) is 5.91 Å². The lowest BCUT2D eigenvalue weighted by atomic mass is 10.0. The van der Waals surface area contributed by atoms with Crippen molar-refractivity contribution in [2.75, 3.05) is 27.8 Å². The molecule has 0 saturated carbocycles. The smallest absolute Gasteiger partial charge is 0.226 e. The van der Waals surface area contributed by atoms with Crippen molar-refractivity contribution >= 4 is 5.91 Å². The number of rotatable bonds is 7. The van der Waals surface area contributed by atoms with Gasteiger partial charge in [0.25, 0.3) is 0 Å². The number of carbonyl (C=O) groups excluding carboxylic acids is 1. The highest BCUT2D eigenvalue weighted by molar-refractivity contribution is 5.79. The minimum Gasteiger partial charge on any atom is -0.493 e. The normalized spacial score (nSPS) is 10.3. The van der Waals surface area contributed by atoms with Crippen LogP contribution in [0.3, 0.4) is 0 Å². The molecule has 1 heterocycles. The Morgan fingerprint density at radius 3 is 2.38 bits per heavy atom. The van der Waals surface area contributed by atoms with Crippen molar-refractivity contribution in [2.24, 2.45) is 0 Å². The highest BCUT2D eigenvalue weighted by Crippen LogP contribution is 2.30. The summed E-state index contributed by atoms with van der Waals surface area (Å²) in [5, 5.41) is 0. The number of aryl methyl sites for hydroxylation is 1. The molecule has 0 aliphatic rings. The van der Waals surface area contributed by atoms with Crippen LogP contribution in [0.15, 0.2) is 36.7 Å². The number of hydrogen-bond acceptors (Lipinski definition) is 4. The predicted molar refractivity (Wildman–Crippen MR) is 93.6 cm³/mol. The minimum absolute atomic E-state index is 0.0828. The molecule has 1 aromatic carbocycles. The van der Waals surface area contributed by atoms with Crippen LogP contribution in [0.4, 0.5) is 0 Å². The van der Waals surface area contributed by atoms with E-state index in [4.69, 9.17) is 9.47 Å². The third-order valence-corrected chi connectivity index (χ3v) is 4.09. The second-order valence-electron chi connectivity index (χ2n) is 5.73. The summed E-state index contributed by atoms with van der Waals surface area (Å²) in [6.07, 6.45) is 4.70. The fourth-order valence-corrected chi connectivity index (χ4v) is 2.48. The summed E-state index contributed by atoms with van der Waals surface area (Å²) < 4.78 is 10.6. The van der Waals surface area contributed by atoms with E-state index in [2.05, 4.69) is 4.98 Å². The van der Waals surface area contributed by atoms with Crippen molar-refractivity contribution in [3.8, 4) is 11.5 Å². The van der Waals surface area contributed by atoms with Gasteiger partial charge in [-0.2, -0.15) is 0 Å². The van der Waals surface area contributed by atoms with Gasteiger partial charge in [0.05, 0.1) is 20.6 Å². The molecule has 0 aliphatic heterocycles. The first-order valence-corrected chi connectivity index (χ1v) is 7.89. The Hall–Kier alpha value is -2.56. The van der Waals surface area contributed by atoms with Crippen molar-refractivity contribution in [2.45, 2.75) is 19.8 Å². The fourth-order valence-electron chi connectivity index (χ4n) is 2.48. The Morgan fingerprint density at radius 2 is 1.75 bits per heavy atom. The third kappa shape index (κ3) is 4.47. The maximum absolute atomic E-state index is 12.5. The van der Waals surface area contributed by atoms with Crippen LogP contribution >= 0.6 is 0 Å². The number of carbonyl (C=O) groups is 1. The Morgan fingerprint density at radius 1 is 1.12 bits per heavy atom. The first-order valence-electron chi connectivity index (χ1n) is 7.89. The molecular weight excluding hydrogens is 304 g/mol. The monoisotopic (exact) mass is 328 g/mol. The average molecular weight is 328 g/mol. The van der Waals surface area contributed by atoms with Gasteiger partial charge in [-0.15, -0.1) is 0 Å². The fraction of sp³-hybridized carbons (Fsp3) is 0.368. The van der Waals surface area contributed by atoms with Gasteiger partial charge in [0.1, 0.15) is 0 Å². The molecule has 0 aliphatic carbocycles. The highest BCUT2D eigenvalue weighted by Gasteiger charge is 2.14. The molecule has 0 saturated heterocycles. The molecule has 0 radical (unpaired) electrons. The molecular formula is C19H24N2O3. The van der Waals surface area contributed by atoms with E-state index in [1.165, 1.54) is 5.56 Å². The number of methoxy groups -OCH3 is 2. The number of likely N-dealkylation sites (N-methyl/N-ethyl adjacent to an activating group) is 1. The van der Waals surface area contributed by atoms with Crippen molar-refractivity contribution in [3.05, 3.63) is 53.3 Å². The van der Waals surface area contributed by atoms with E-state index in [1.54, 1.807) is 31.5 Å². The third-order valence-electron chi connectivity index (χ3n) is 4.09. The van der Waals surface area contributed by atoms with Gasteiger partial charge < -0.3 is 14.4 Å². The van der Waals surface area contributed by atoms with Crippen molar-refractivity contribution in [3.63, 3.8) is 0 Å². The van der Waals surface area contributed by atoms with E-state index >= 15 is 0 Å². The summed E-state index contributed by atoms with van der Waals surface area (Å²) in [6.45, 7) is 2.65. The van der Waals surface area contributed by atoms with Crippen LogP contribution in [-0.4, -0.2) is 43.6 Å². The maximum Gasteiger partial charge on any atom is 0.226 e. The van der Waals surface area contributed by atoms with Crippen LogP contribution in [0.25, 0.3) is 0 Å². The summed E-state index contributed by atoms with van der Waals surface area (Å²) >= 11 is 0. The SMILES string of the molecule is COc1cc(C)c(CC(=O)N(C)CCc2ccncc2)cc1OC. The molecule has 128 valence electrons. The molecule has 2 rings (SSSR count). The molecule has 5 nitrogen and oxygen atoms in total. The first-order chi connectivity index (χ1) is 11.5. The minimum atomic E-state index is 0.0828. The summed E-state index contributed by atoms with van der Waals surface area (Å²) in [7, 11) is 5.04. The number of aromatic nitrogens is 1. The van der Waals surface area contributed by atoms with E-state index in [-0.39, 0.29) is 5.91 Å². The maximum atomic E-state index is 12.5. The Balaban J connectivity index is 2.00. The standard InChI is InChI=1S/C19H24N2O3/c1-14-11-17(23-3)18(24-4)12-16(14)13-19(22)21(2)10-7-15-5-8-20-9-6-15/h5-6,8-9,11-12H,7,10,13H2,1-4H3. The topological polar surface area (TPSA) is 51.7 Å². The molecule has 0 N–H and O–H groups in total. The summed E-state index contributed by atoms with van der Waals surface area (Å²) in [5.74, 6) is 1.40. The van der Waals surface area contributed by atoms with Gasteiger partial charge in [0.15, 0.2) is 11.5 Å². The lowest BCUT2D eigenvalue weighted by Gasteiger charge is -2.19. The molecule has 0 unspecified atom stereocenters. The number of benzene rings is 1. The zero-order valence-corrected chi connectivity index (χ0v) is 14.7. The molecule has 24 heavy (non-hydrogen) atoms. The van der Waals surface area contributed by atoms with Gasteiger partial charge >= 0.3 is 0 Å². The Kier molecular flexibility index (Phi) is 6.18. The van der Waals surface area contributed by atoms with Crippen LogP contribution in [0, 0.1) is 6.92 Å². The lowest BCUT2D eigenvalue weighted by molar-refractivity contribution is -0.129. The molecule has 1 amide bonds. The number of amides is 1. The number of nitrogens with zero attached hydrogens (tertiary/aromatic N) is 2. The number of pyridine rings is 1. The largest absolute Gasteiger partial charge is 0.493 e. The van der Waals surface area contributed by atoms with Gasteiger partial charge in [-0.1, -0.05) is 0 Å². The van der Waals surface area contributed by atoms with E-state index in [0.29, 0.717) is 24.5 Å². The summed E-state index contributed by atoms with van der Waals surface area (Å²) in [4.78, 5) is 18.2. The number of hydrogen-bond donors (Lipinski definition) is 0. The van der Waals surface area contributed by atoms with E-state index in [0.717, 1.165) is 17.5 Å².